The average Bonchev–Trinajstić information content (AvgIpc) is 3.27. The molecule has 1 aliphatic rings. The van der Waals surface area contributed by atoms with Crippen LogP contribution in [0.5, 0.6) is 0 Å². The fourth-order valence-electron chi connectivity index (χ4n) is 3.67. The van der Waals surface area contributed by atoms with E-state index in [4.69, 9.17) is 4.42 Å². The number of rotatable bonds is 5. The van der Waals surface area contributed by atoms with Crippen LogP contribution in [0.25, 0.3) is 17.4 Å². The minimum atomic E-state index is -0.837. The van der Waals surface area contributed by atoms with Crippen LogP contribution in [0.15, 0.2) is 58.5 Å². The Kier molecular flexibility index (Phi) is 5.85. The Hall–Kier alpha value is -4.53. The molecule has 1 aromatic heterocycles. The molecule has 9 nitrogen and oxygen atoms in total. The van der Waals surface area contributed by atoms with Gasteiger partial charge in [-0.05, 0) is 67.8 Å². The summed E-state index contributed by atoms with van der Waals surface area (Å²) in [6.45, 7) is 5.42. The minimum Gasteiger partial charge on any atom is -0.457 e. The number of carbonyl (C=O) groups is 3. The van der Waals surface area contributed by atoms with Gasteiger partial charge in [-0.15, -0.1) is 0 Å². The summed E-state index contributed by atoms with van der Waals surface area (Å²) in [5.41, 5.74) is 2.85. The van der Waals surface area contributed by atoms with Gasteiger partial charge in [0.15, 0.2) is 0 Å². The predicted octanol–water partition coefficient (Wildman–Crippen LogP) is 4.70. The van der Waals surface area contributed by atoms with E-state index in [0.29, 0.717) is 22.6 Å². The van der Waals surface area contributed by atoms with Crippen LogP contribution in [0.2, 0.25) is 0 Å². The van der Waals surface area contributed by atoms with Crippen LogP contribution in [0.1, 0.15) is 29.4 Å². The van der Waals surface area contributed by atoms with Crippen molar-refractivity contribution in [2.24, 2.45) is 0 Å². The Morgan fingerprint density at radius 2 is 1.76 bits per heavy atom. The maximum atomic E-state index is 13.0. The van der Waals surface area contributed by atoms with E-state index in [1.807, 2.05) is 6.92 Å². The van der Waals surface area contributed by atoms with Gasteiger partial charge in [-0.2, -0.15) is 0 Å². The van der Waals surface area contributed by atoms with Gasteiger partial charge in [0.1, 0.15) is 17.1 Å². The zero-order chi connectivity index (χ0) is 24.6. The quantitative estimate of drug-likeness (QED) is 0.255. The third kappa shape index (κ3) is 4.11. The molecule has 4 amide bonds. The first-order valence-corrected chi connectivity index (χ1v) is 10.6. The topological polar surface area (TPSA) is 123 Å². The molecule has 0 atom stereocenters. The fraction of sp³-hybridized carbons (Fsp3) is 0.160. The second-order valence-electron chi connectivity index (χ2n) is 7.87. The summed E-state index contributed by atoms with van der Waals surface area (Å²) >= 11 is 0. The minimum absolute atomic E-state index is 0.0311. The van der Waals surface area contributed by atoms with Crippen LogP contribution >= 0.6 is 0 Å². The summed E-state index contributed by atoms with van der Waals surface area (Å²) in [5, 5.41) is 13.5. The molecule has 1 aliphatic heterocycles. The number of benzene rings is 2. The Morgan fingerprint density at radius 1 is 1.06 bits per heavy atom. The Morgan fingerprint density at radius 3 is 2.41 bits per heavy atom. The molecule has 34 heavy (non-hydrogen) atoms. The highest BCUT2D eigenvalue weighted by Crippen LogP contribution is 2.31. The average molecular weight is 459 g/mol. The van der Waals surface area contributed by atoms with Crippen molar-refractivity contribution in [3.05, 3.63) is 86.7 Å². The lowest BCUT2D eigenvalue weighted by molar-refractivity contribution is -0.385. The lowest BCUT2D eigenvalue weighted by Crippen LogP contribution is -2.54. The van der Waals surface area contributed by atoms with E-state index in [1.165, 1.54) is 12.1 Å². The molecular weight excluding hydrogens is 438 g/mol. The molecule has 0 aliphatic carbocycles. The van der Waals surface area contributed by atoms with E-state index < -0.39 is 22.8 Å². The monoisotopic (exact) mass is 459 g/mol. The largest absolute Gasteiger partial charge is 0.457 e. The number of carbonyl (C=O) groups excluding carboxylic acids is 3. The van der Waals surface area contributed by atoms with Gasteiger partial charge in [0, 0.05) is 17.2 Å². The number of hydrogen-bond donors (Lipinski definition) is 1. The summed E-state index contributed by atoms with van der Waals surface area (Å²) in [6, 6.07) is 12.4. The van der Waals surface area contributed by atoms with Crippen molar-refractivity contribution in [2.45, 2.75) is 27.2 Å². The first-order chi connectivity index (χ1) is 16.2. The third-order valence-corrected chi connectivity index (χ3v) is 5.74. The predicted molar refractivity (Wildman–Crippen MR) is 125 cm³/mol. The first kappa shape index (κ1) is 22.7. The maximum Gasteiger partial charge on any atom is 0.335 e. The smallest absolute Gasteiger partial charge is 0.335 e. The Bertz CT molecular complexity index is 1370. The summed E-state index contributed by atoms with van der Waals surface area (Å²) in [7, 11) is 0. The van der Waals surface area contributed by atoms with E-state index in [1.54, 1.807) is 56.3 Å². The number of nitro benzene ring substituents is 1. The number of anilines is 1. The van der Waals surface area contributed by atoms with Crippen LogP contribution in [-0.2, 0) is 16.0 Å². The van der Waals surface area contributed by atoms with Crippen LogP contribution in [0.3, 0.4) is 0 Å². The Balaban J connectivity index is 1.68. The van der Waals surface area contributed by atoms with Crippen molar-refractivity contribution < 1.29 is 23.7 Å². The van der Waals surface area contributed by atoms with Gasteiger partial charge in [-0.25, -0.2) is 9.69 Å². The number of barbiturate groups is 1. The van der Waals surface area contributed by atoms with Crippen molar-refractivity contribution >= 4 is 35.3 Å². The lowest BCUT2D eigenvalue weighted by atomic mass is 10.0. The molecular formula is C25H21N3O6. The molecule has 172 valence electrons. The third-order valence-electron chi connectivity index (χ3n) is 5.74. The van der Waals surface area contributed by atoms with Gasteiger partial charge in [0.2, 0.25) is 0 Å². The van der Waals surface area contributed by atoms with Crippen LogP contribution in [-0.4, -0.2) is 22.8 Å². The number of aryl methyl sites for hydroxylation is 2. The Labute approximate surface area is 194 Å². The summed E-state index contributed by atoms with van der Waals surface area (Å²) in [4.78, 5) is 49.6. The normalized spacial score (nSPS) is 15.1. The molecule has 2 heterocycles. The fourth-order valence-corrected chi connectivity index (χ4v) is 3.67. The number of imide groups is 2. The van der Waals surface area contributed by atoms with Gasteiger partial charge < -0.3 is 4.42 Å². The van der Waals surface area contributed by atoms with Crippen molar-refractivity contribution in [2.75, 3.05) is 4.90 Å². The van der Waals surface area contributed by atoms with Crippen molar-refractivity contribution in [1.29, 1.82) is 0 Å². The molecule has 1 N–H and O–H groups in total. The molecule has 4 rings (SSSR count). The van der Waals surface area contributed by atoms with Crippen LogP contribution < -0.4 is 10.2 Å². The number of nitrogens with zero attached hydrogens (tertiary/aromatic N) is 2. The van der Waals surface area contributed by atoms with Crippen molar-refractivity contribution in [3.8, 4) is 11.3 Å². The van der Waals surface area contributed by atoms with Crippen LogP contribution in [0, 0.1) is 24.0 Å². The highest BCUT2D eigenvalue weighted by Gasteiger charge is 2.37. The summed E-state index contributed by atoms with van der Waals surface area (Å²) < 4.78 is 5.76. The van der Waals surface area contributed by atoms with E-state index >= 15 is 0 Å². The van der Waals surface area contributed by atoms with Gasteiger partial charge >= 0.3 is 6.03 Å². The molecule has 0 spiro atoms. The van der Waals surface area contributed by atoms with E-state index in [0.717, 1.165) is 22.4 Å². The number of urea groups is 1. The lowest BCUT2D eigenvalue weighted by Gasteiger charge is -2.26. The molecule has 0 unspecified atom stereocenters. The standard InChI is InChI=1S/C25H21N3O6/c1-4-16-5-7-18(8-6-16)27-24(30)20(23(29)26-25(27)31)13-19-9-10-22(34-19)17-11-14(2)15(3)21(12-17)28(32)33/h5-13H,4H2,1-3H3,(H,26,29,31)/b20-13-. The number of nitrogens with one attached hydrogen (secondary N) is 1. The summed E-state index contributed by atoms with van der Waals surface area (Å²) in [6.07, 6.45) is 2.05. The molecule has 1 fully saturated rings. The van der Waals surface area contributed by atoms with Crippen molar-refractivity contribution in [1.82, 2.24) is 5.32 Å². The highest BCUT2D eigenvalue weighted by atomic mass is 16.6. The zero-order valence-electron chi connectivity index (χ0n) is 18.7. The van der Waals surface area contributed by atoms with Gasteiger partial charge in [-0.1, -0.05) is 19.1 Å². The van der Waals surface area contributed by atoms with Gasteiger partial charge in [-0.3, -0.25) is 25.0 Å². The van der Waals surface area contributed by atoms with Gasteiger partial charge in [0.05, 0.1) is 10.6 Å². The first-order valence-electron chi connectivity index (χ1n) is 10.6. The molecule has 2 aromatic carbocycles. The van der Waals surface area contributed by atoms with Crippen LogP contribution in [0.4, 0.5) is 16.2 Å². The molecule has 0 saturated carbocycles. The number of hydrogen-bond acceptors (Lipinski definition) is 6. The summed E-state index contributed by atoms with van der Waals surface area (Å²) in [5.74, 6) is -1.09. The van der Waals surface area contributed by atoms with E-state index in [9.17, 15) is 24.5 Å². The highest BCUT2D eigenvalue weighted by molar-refractivity contribution is 6.39. The molecule has 3 aromatic rings. The number of amides is 4. The second kappa shape index (κ2) is 8.78. The molecule has 1 saturated heterocycles. The van der Waals surface area contributed by atoms with E-state index in [2.05, 4.69) is 5.32 Å². The second-order valence-corrected chi connectivity index (χ2v) is 7.87. The molecule has 9 heteroatoms. The zero-order valence-corrected chi connectivity index (χ0v) is 18.7. The molecule has 0 radical (unpaired) electrons. The number of furan rings is 1. The number of nitro groups is 1. The molecule has 0 bridgehead atoms. The maximum absolute atomic E-state index is 13.0. The van der Waals surface area contributed by atoms with Gasteiger partial charge in [0.25, 0.3) is 17.5 Å². The SMILES string of the molecule is CCc1ccc(N2C(=O)NC(=O)/C(=C/c3ccc(-c4cc(C)c(C)c([N+](=O)[O-])c4)o3)C2=O)cc1. The van der Waals surface area contributed by atoms with E-state index in [-0.39, 0.29) is 17.0 Å². The van der Waals surface area contributed by atoms with Crippen molar-refractivity contribution in [3.63, 3.8) is 0 Å².